The molecule has 1 fully saturated rings. The first-order chi connectivity index (χ1) is 16.6. The van der Waals surface area contributed by atoms with E-state index in [4.69, 9.17) is 4.74 Å². The fraction of sp³-hybridized carbons (Fsp3) is 0.172. The molecule has 0 unspecified atom stereocenters. The number of ether oxygens (including phenoxy) is 1. The first-order valence-corrected chi connectivity index (χ1v) is 12.2. The fourth-order valence-electron chi connectivity index (χ4n) is 4.69. The van der Waals surface area contributed by atoms with E-state index < -0.39 is 0 Å². The van der Waals surface area contributed by atoms with Gasteiger partial charge in [0.15, 0.2) is 0 Å². The molecule has 0 aliphatic heterocycles. The Labute approximate surface area is 202 Å². The maximum absolute atomic E-state index is 13.4. The Morgan fingerprint density at radius 1 is 1.03 bits per heavy atom. The van der Waals surface area contributed by atoms with Crippen LogP contribution >= 0.6 is 11.3 Å². The molecule has 5 heteroatoms. The van der Waals surface area contributed by atoms with Gasteiger partial charge in [0.25, 0.3) is 5.91 Å². The van der Waals surface area contributed by atoms with E-state index in [0.29, 0.717) is 11.3 Å². The minimum Gasteiger partial charge on any atom is -0.497 e. The van der Waals surface area contributed by atoms with Crippen LogP contribution in [0.2, 0.25) is 0 Å². The second kappa shape index (κ2) is 7.96. The van der Waals surface area contributed by atoms with Crippen molar-refractivity contribution in [1.29, 1.82) is 0 Å². The van der Waals surface area contributed by atoms with Crippen LogP contribution in [-0.2, 0) is 5.54 Å². The van der Waals surface area contributed by atoms with Crippen LogP contribution < -0.4 is 10.1 Å². The van der Waals surface area contributed by atoms with Crippen LogP contribution in [0.3, 0.4) is 0 Å². The summed E-state index contributed by atoms with van der Waals surface area (Å²) in [6, 6.07) is 24.8. The number of hydrogen-bond acceptors (Lipinski definition) is 4. The highest BCUT2D eigenvalue weighted by Crippen LogP contribution is 2.49. The highest BCUT2D eigenvalue weighted by molar-refractivity contribution is 7.22. The topological polar surface area (TPSA) is 51.2 Å². The zero-order valence-corrected chi connectivity index (χ0v) is 19.9. The summed E-state index contributed by atoms with van der Waals surface area (Å²) in [5.74, 6) is 0.611. The van der Waals surface area contributed by atoms with Crippen molar-refractivity contribution in [2.45, 2.75) is 25.3 Å². The minimum absolute atomic E-state index is 0.0711. The third-order valence-corrected chi connectivity index (χ3v) is 7.90. The lowest BCUT2D eigenvalue weighted by Gasteiger charge is -2.22. The molecule has 0 radical (unpaired) electrons. The molecule has 6 rings (SSSR count). The Kier molecular flexibility index (Phi) is 4.89. The van der Waals surface area contributed by atoms with Crippen molar-refractivity contribution in [2.24, 2.45) is 0 Å². The summed E-state index contributed by atoms with van der Waals surface area (Å²) in [5.41, 5.74) is 4.42. The van der Waals surface area contributed by atoms with E-state index in [1.165, 1.54) is 15.0 Å². The summed E-state index contributed by atoms with van der Waals surface area (Å²) in [4.78, 5) is 19.3. The number of amides is 1. The van der Waals surface area contributed by atoms with Gasteiger partial charge in [-0.05, 0) is 84.3 Å². The maximum Gasteiger partial charge on any atom is 0.252 e. The molecule has 0 bridgehead atoms. The quantitative estimate of drug-likeness (QED) is 0.309. The highest BCUT2D eigenvalue weighted by atomic mass is 32.1. The first kappa shape index (κ1) is 20.9. The number of fused-ring (bicyclic) bond motifs is 2. The Morgan fingerprint density at radius 3 is 2.68 bits per heavy atom. The van der Waals surface area contributed by atoms with Crippen molar-refractivity contribution in [1.82, 2.24) is 10.3 Å². The van der Waals surface area contributed by atoms with Gasteiger partial charge >= 0.3 is 0 Å². The highest BCUT2D eigenvalue weighted by Gasteiger charge is 2.47. The lowest BCUT2D eigenvalue weighted by molar-refractivity contribution is 0.0930. The molecule has 4 nitrogen and oxygen atoms in total. The zero-order chi connectivity index (χ0) is 23.3. The van der Waals surface area contributed by atoms with Gasteiger partial charge in [0, 0.05) is 26.7 Å². The van der Waals surface area contributed by atoms with Crippen LogP contribution in [-0.4, -0.2) is 18.0 Å². The second-order valence-electron chi connectivity index (χ2n) is 8.96. The summed E-state index contributed by atoms with van der Waals surface area (Å²) in [6.07, 6.45) is 3.64. The second-order valence-corrected chi connectivity index (χ2v) is 10.0. The first-order valence-electron chi connectivity index (χ1n) is 11.4. The van der Waals surface area contributed by atoms with Crippen molar-refractivity contribution >= 4 is 38.2 Å². The number of rotatable bonds is 5. The third kappa shape index (κ3) is 3.53. The lowest BCUT2D eigenvalue weighted by Crippen LogP contribution is -2.35. The Hall–Kier alpha value is -3.70. The molecular formula is C29H24N2O2S. The van der Waals surface area contributed by atoms with E-state index in [1.54, 1.807) is 18.4 Å². The monoisotopic (exact) mass is 464 g/mol. The SMILES string of the molecule is COc1ccc(C)c(C(=O)NC2(c3cc(-c4cc5ccccc5s4)cc4ncccc34)CC2)c1. The van der Waals surface area contributed by atoms with E-state index >= 15 is 0 Å². The predicted octanol–water partition coefficient (Wildman–Crippen LogP) is 6.85. The largest absolute Gasteiger partial charge is 0.497 e. The molecular weight excluding hydrogens is 440 g/mol. The number of nitrogens with one attached hydrogen (secondary N) is 1. The zero-order valence-electron chi connectivity index (χ0n) is 19.1. The minimum atomic E-state index is -0.388. The predicted molar refractivity (Wildman–Crippen MR) is 139 cm³/mol. The number of thiophene rings is 1. The molecule has 1 amide bonds. The van der Waals surface area contributed by atoms with E-state index in [0.717, 1.165) is 40.4 Å². The van der Waals surface area contributed by atoms with Crippen LogP contribution in [0.25, 0.3) is 31.4 Å². The molecule has 0 spiro atoms. The summed E-state index contributed by atoms with van der Waals surface area (Å²) in [7, 11) is 1.62. The van der Waals surface area contributed by atoms with Crippen molar-refractivity contribution in [3.05, 3.63) is 95.7 Å². The Balaban J connectivity index is 1.44. The standard InChI is InChI=1S/C29H24N2O2S/c1-18-9-10-21(33-2)17-23(18)28(32)31-29(11-12-29)24-14-20(15-25-22(24)7-5-13-30-25)27-16-19-6-3-4-8-26(19)34-27/h3-10,13-17H,11-12H2,1-2H3,(H,31,32). The van der Waals surface area contributed by atoms with Gasteiger partial charge in [-0.2, -0.15) is 0 Å². The number of pyridine rings is 1. The van der Waals surface area contributed by atoms with Crippen molar-refractivity contribution in [2.75, 3.05) is 7.11 Å². The molecule has 0 saturated heterocycles. The molecule has 168 valence electrons. The maximum atomic E-state index is 13.4. The molecule has 34 heavy (non-hydrogen) atoms. The normalized spacial score (nSPS) is 14.3. The number of aryl methyl sites for hydroxylation is 1. The molecule has 3 aromatic carbocycles. The number of methoxy groups -OCH3 is 1. The van der Waals surface area contributed by atoms with Crippen LogP contribution in [0.4, 0.5) is 0 Å². The van der Waals surface area contributed by atoms with Gasteiger partial charge in [-0.1, -0.05) is 30.3 Å². The number of benzene rings is 3. The number of carbonyl (C=O) groups excluding carboxylic acids is 1. The molecule has 1 saturated carbocycles. The fourth-order valence-corrected chi connectivity index (χ4v) is 5.74. The van der Waals surface area contributed by atoms with Crippen molar-refractivity contribution in [3.63, 3.8) is 0 Å². The van der Waals surface area contributed by atoms with Gasteiger partial charge in [0.2, 0.25) is 0 Å². The van der Waals surface area contributed by atoms with Gasteiger partial charge in [-0.15, -0.1) is 11.3 Å². The molecule has 0 atom stereocenters. The van der Waals surface area contributed by atoms with Crippen molar-refractivity contribution < 1.29 is 9.53 Å². The molecule has 1 aliphatic carbocycles. The van der Waals surface area contributed by atoms with Gasteiger partial charge in [-0.3, -0.25) is 9.78 Å². The van der Waals surface area contributed by atoms with Crippen LogP contribution in [0, 0.1) is 6.92 Å². The third-order valence-electron chi connectivity index (χ3n) is 6.74. The van der Waals surface area contributed by atoms with Crippen LogP contribution in [0.5, 0.6) is 5.75 Å². The molecule has 1 N–H and O–H groups in total. The van der Waals surface area contributed by atoms with E-state index in [9.17, 15) is 4.79 Å². The average Bonchev–Trinajstić information content (AvgIpc) is 3.51. The van der Waals surface area contributed by atoms with Gasteiger partial charge in [0.05, 0.1) is 18.2 Å². The van der Waals surface area contributed by atoms with Gasteiger partial charge in [-0.25, -0.2) is 0 Å². The van der Waals surface area contributed by atoms with Gasteiger partial charge in [0.1, 0.15) is 5.75 Å². The molecule has 2 heterocycles. The Morgan fingerprint density at radius 2 is 1.88 bits per heavy atom. The number of carbonyl (C=O) groups is 1. The molecule has 5 aromatic rings. The smallest absolute Gasteiger partial charge is 0.252 e. The summed E-state index contributed by atoms with van der Waals surface area (Å²) in [6.45, 7) is 1.95. The number of hydrogen-bond donors (Lipinski definition) is 1. The van der Waals surface area contributed by atoms with Crippen molar-refractivity contribution in [3.8, 4) is 16.2 Å². The summed E-state index contributed by atoms with van der Waals surface area (Å²) >= 11 is 1.79. The van der Waals surface area contributed by atoms with E-state index in [1.807, 2.05) is 37.4 Å². The summed E-state index contributed by atoms with van der Waals surface area (Å²) < 4.78 is 6.62. The van der Waals surface area contributed by atoms with E-state index in [-0.39, 0.29) is 11.4 Å². The van der Waals surface area contributed by atoms with Gasteiger partial charge < -0.3 is 10.1 Å². The van der Waals surface area contributed by atoms with Crippen LogP contribution in [0.1, 0.15) is 34.3 Å². The van der Waals surface area contributed by atoms with Crippen LogP contribution in [0.15, 0.2) is 79.0 Å². The molecule has 1 aliphatic rings. The summed E-state index contributed by atoms with van der Waals surface area (Å²) in [5, 5.41) is 5.70. The average molecular weight is 465 g/mol. The molecule has 2 aromatic heterocycles. The Bertz CT molecular complexity index is 1530. The van der Waals surface area contributed by atoms with E-state index in [2.05, 4.69) is 58.8 Å². The number of aromatic nitrogens is 1. The lowest BCUT2D eigenvalue weighted by atomic mass is 9.95. The number of nitrogens with zero attached hydrogens (tertiary/aromatic N) is 1.